The third-order valence-electron chi connectivity index (χ3n) is 3.29. The van der Waals surface area contributed by atoms with Crippen molar-refractivity contribution in [2.45, 2.75) is 45.6 Å². The second-order valence-electron chi connectivity index (χ2n) is 6.55. The van der Waals surface area contributed by atoms with Crippen molar-refractivity contribution >= 4 is 11.7 Å². The SMILES string of the molecule is CN(CCCCc1nnc2ccc(F)cn12)C(=O)OC(C)(C)C. The number of hydrogen-bond acceptors (Lipinski definition) is 4. The molecule has 2 aromatic rings. The highest BCUT2D eigenvalue weighted by atomic mass is 19.1. The molecule has 0 fully saturated rings. The summed E-state index contributed by atoms with van der Waals surface area (Å²) in [5, 5.41) is 8.08. The molecule has 2 heterocycles. The fourth-order valence-electron chi connectivity index (χ4n) is 2.15. The Hall–Kier alpha value is -2.18. The lowest BCUT2D eigenvalue weighted by Crippen LogP contribution is -2.34. The quantitative estimate of drug-likeness (QED) is 0.794. The Balaban J connectivity index is 1.80. The Kier molecular flexibility index (Phi) is 5.18. The summed E-state index contributed by atoms with van der Waals surface area (Å²) in [5.41, 5.74) is 0.142. The number of carbonyl (C=O) groups excluding carboxylic acids is 1. The van der Waals surface area contributed by atoms with Gasteiger partial charge in [0.1, 0.15) is 17.2 Å². The maximum Gasteiger partial charge on any atom is 0.410 e. The first-order valence-corrected chi connectivity index (χ1v) is 7.69. The van der Waals surface area contributed by atoms with Crippen LogP contribution >= 0.6 is 0 Å². The smallest absolute Gasteiger partial charge is 0.410 e. The number of aromatic nitrogens is 3. The molecule has 2 rings (SSSR count). The molecule has 126 valence electrons. The van der Waals surface area contributed by atoms with Gasteiger partial charge in [-0.25, -0.2) is 9.18 Å². The monoisotopic (exact) mass is 322 g/mol. The van der Waals surface area contributed by atoms with Crippen LogP contribution in [0.15, 0.2) is 18.3 Å². The summed E-state index contributed by atoms with van der Waals surface area (Å²) in [6.07, 6.45) is 3.36. The number of aryl methyl sites for hydroxylation is 1. The van der Waals surface area contributed by atoms with Gasteiger partial charge in [0.05, 0.1) is 0 Å². The van der Waals surface area contributed by atoms with E-state index < -0.39 is 5.60 Å². The second-order valence-corrected chi connectivity index (χ2v) is 6.55. The lowest BCUT2D eigenvalue weighted by molar-refractivity contribution is 0.0296. The predicted molar refractivity (Wildman–Crippen MR) is 84.7 cm³/mol. The summed E-state index contributed by atoms with van der Waals surface area (Å²) in [6.45, 7) is 6.12. The molecule has 0 saturated carbocycles. The fourth-order valence-corrected chi connectivity index (χ4v) is 2.15. The highest BCUT2D eigenvalue weighted by Gasteiger charge is 2.19. The first-order valence-electron chi connectivity index (χ1n) is 7.69. The highest BCUT2D eigenvalue weighted by molar-refractivity contribution is 5.67. The van der Waals surface area contributed by atoms with Crippen molar-refractivity contribution in [1.29, 1.82) is 0 Å². The minimum Gasteiger partial charge on any atom is -0.444 e. The molecule has 0 saturated heterocycles. The van der Waals surface area contributed by atoms with Crippen molar-refractivity contribution in [1.82, 2.24) is 19.5 Å². The summed E-state index contributed by atoms with van der Waals surface area (Å²) >= 11 is 0. The third kappa shape index (κ3) is 4.91. The zero-order valence-corrected chi connectivity index (χ0v) is 14.0. The number of pyridine rings is 1. The molecular weight excluding hydrogens is 299 g/mol. The van der Waals surface area contributed by atoms with Gasteiger partial charge in [-0.2, -0.15) is 0 Å². The average Bonchev–Trinajstić information content (AvgIpc) is 2.84. The van der Waals surface area contributed by atoms with Crippen LogP contribution in [0.25, 0.3) is 5.65 Å². The van der Waals surface area contributed by atoms with Gasteiger partial charge in [0.25, 0.3) is 0 Å². The summed E-state index contributed by atoms with van der Waals surface area (Å²) in [6, 6.07) is 2.96. The standard InChI is InChI=1S/C16H23FN4O2/c1-16(2,3)23-15(22)20(4)10-6-5-7-13-18-19-14-9-8-12(17)11-21(13)14/h8-9,11H,5-7,10H2,1-4H3. The van der Waals surface area contributed by atoms with Crippen LogP contribution in [0, 0.1) is 5.82 Å². The summed E-state index contributed by atoms with van der Waals surface area (Å²) < 4.78 is 20.2. The third-order valence-corrected chi connectivity index (χ3v) is 3.29. The molecule has 0 N–H and O–H groups in total. The number of ether oxygens (including phenoxy) is 1. The van der Waals surface area contributed by atoms with E-state index in [0.29, 0.717) is 18.6 Å². The van der Waals surface area contributed by atoms with Crippen molar-refractivity contribution in [3.63, 3.8) is 0 Å². The van der Waals surface area contributed by atoms with E-state index in [2.05, 4.69) is 10.2 Å². The maximum absolute atomic E-state index is 13.3. The van der Waals surface area contributed by atoms with Crippen LogP contribution in [0.4, 0.5) is 9.18 Å². The summed E-state index contributed by atoms with van der Waals surface area (Å²) in [5.74, 6) is 0.405. The van der Waals surface area contributed by atoms with Crippen LogP contribution < -0.4 is 0 Å². The number of nitrogens with zero attached hydrogens (tertiary/aromatic N) is 4. The van der Waals surface area contributed by atoms with Crippen LogP contribution in [0.1, 0.15) is 39.4 Å². The predicted octanol–water partition coefficient (Wildman–Crippen LogP) is 3.06. The van der Waals surface area contributed by atoms with Crippen molar-refractivity contribution in [2.24, 2.45) is 0 Å². The molecular formula is C16H23FN4O2. The van der Waals surface area contributed by atoms with Gasteiger partial charge in [-0.15, -0.1) is 10.2 Å². The largest absolute Gasteiger partial charge is 0.444 e. The van der Waals surface area contributed by atoms with Crippen molar-refractivity contribution in [3.8, 4) is 0 Å². The van der Waals surface area contributed by atoms with Crippen molar-refractivity contribution in [3.05, 3.63) is 30.0 Å². The van der Waals surface area contributed by atoms with Crippen LogP contribution in [-0.4, -0.2) is 44.8 Å². The molecule has 0 bridgehead atoms. The van der Waals surface area contributed by atoms with E-state index in [1.54, 1.807) is 22.4 Å². The Morgan fingerprint density at radius 1 is 1.30 bits per heavy atom. The van der Waals surface area contributed by atoms with Crippen LogP contribution in [0.5, 0.6) is 0 Å². The molecule has 0 aliphatic heterocycles. The van der Waals surface area contributed by atoms with E-state index in [1.165, 1.54) is 12.3 Å². The molecule has 0 aliphatic carbocycles. The highest BCUT2D eigenvalue weighted by Crippen LogP contribution is 2.11. The van der Waals surface area contributed by atoms with E-state index in [9.17, 15) is 9.18 Å². The van der Waals surface area contributed by atoms with Gasteiger partial charge in [-0.05, 0) is 45.7 Å². The minimum atomic E-state index is -0.490. The topological polar surface area (TPSA) is 59.7 Å². The zero-order valence-electron chi connectivity index (χ0n) is 14.0. The summed E-state index contributed by atoms with van der Waals surface area (Å²) in [7, 11) is 1.72. The van der Waals surface area contributed by atoms with Crippen LogP contribution in [0.3, 0.4) is 0 Å². The second kappa shape index (κ2) is 6.93. The van der Waals surface area contributed by atoms with Gasteiger partial charge >= 0.3 is 6.09 Å². The van der Waals surface area contributed by atoms with E-state index >= 15 is 0 Å². The number of rotatable bonds is 5. The van der Waals surface area contributed by atoms with Crippen LogP contribution in [-0.2, 0) is 11.2 Å². The molecule has 0 atom stereocenters. The summed E-state index contributed by atoms with van der Waals surface area (Å²) in [4.78, 5) is 13.4. The van der Waals surface area contributed by atoms with E-state index in [1.807, 2.05) is 20.8 Å². The number of amides is 1. The molecule has 6 nitrogen and oxygen atoms in total. The molecule has 2 aromatic heterocycles. The molecule has 7 heteroatoms. The van der Waals surface area contributed by atoms with E-state index in [4.69, 9.17) is 4.74 Å². The Bertz CT molecular complexity index is 678. The van der Waals surface area contributed by atoms with Gasteiger partial charge in [0.15, 0.2) is 5.65 Å². The van der Waals surface area contributed by atoms with Gasteiger partial charge in [0.2, 0.25) is 0 Å². The Labute approximate surface area is 135 Å². The first-order chi connectivity index (χ1) is 10.8. The molecule has 1 amide bonds. The van der Waals surface area contributed by atoms with Gasteiger partial charge in [0, 0.05) is 26.2 Å². The Morgan fingerprint density at radius 2 is 2.04 bits per heavy atom. The molecule has 0 aliphatic rings. The van der Waals surface area contributed by atoms with Crippen molar-refractivity contribution < 1.29 is 13.9 Å². The lowest BCUT2D eigenvalue weighted by Gasteiger charge is -2.24. The number of carbonyl (C=O) groups is 1. The molecule has 0 unspecified atom stereocenters. The molecule has 0 aromatic carbocycles. The number of unbranched alkanes of at least 4 members (excludes halogenated alkanes) is 1. The van der Waals surface area contributed by atoms with Gasteiger partial charge < -0.3 is 9.64 Å². The van der Waals surface area contributed by atoms with E-state index in [0.717, 1.165) is 18.7 Å². The van der Waals surface area contributed by atoms with Gasteiger partial charge in [-0.1, -0.05) is 0 Å². The minimum absolute atomic E-state index is 0.316. The lowest BCUT2D eigenvalue weighted by atomic mass is 10.2. The number of halogens is 1. The average molecular weight is 322 g/mol. The molecule has 23 heavy (non-hydrogen) atoms. The maximum atomic E-state index is 13.3. The first kappa shape index (κ1) is 17.2. The number of fused-ring (bicyclic) bond motifs is 1. The van der Waals surface area contributed by atoms with Crippen LogP contribution in [0.2, 0.25) is 0 Å². The van der Waals surface area contributed by atoms with E-state index in [-0.39, 0.29) is 11.9 Å². The zero-order chi connectivity index (χ0) is 17.0. The fraction of sp³-hybridized carbons (Fsp3) is 0.562. The normalized spacial score (nSPS) is 11.7. The molecule has 0 spiro atoms. The molecule has 0 radical (unpaired) electrons. The Morgan fingerprint density at radius 3 is 2.74 bits per heavy atom. The number of hydrogen-bond donors (Lipinski definition) is 0. The van der Waals surface area contributed by atoms with Gasteiger partial charge in [-0.3, -0.25) is 4.40 Å². The van der Waals surface area contributed by atoms with Crippen molar-refractivity contribution in [2.75, 3.05) is 13.6 Å².